The van der Waals surface area contributed by atoms with Gasteiger partial charge in [-0.25, -0.2) is 0 Å². The second-order valence-electron chi connectivity index (χ2n) is 4.09. The molecule has 0 fully saturated rings. The third-order valence-corrected chi connectivity index (χ3v) is 2.82. The average molecular weight is 244 g/mol. The smallest absolute Gasteiger partial charge is 0.146 e. The molecule has 0 amide bonds. The molecule has 0 bridgehead atoms. The van der Waals surface area contributed by atoms with Crippen molar-refractivity contribution in [3.63, 3.8) is 0 Å². The zero-order chi connectivity index (χ0) is 13.0. The summed E-state index contributed by atoms with van der Waals surface area (Å²) in [5.74, 6) is 0.925. The molecule has 2 heterocycles. The molecule has 0 saturated carbocycles. The normalized spacial score (nSPS) is 10.5. The summed E-state index contributed by atoms with van der Waals surface area (Å²) in [5.41, 5.74) is 1.76. The molecule has 0 aliphatic heterocycles. The Morgan fingerprint density at radius 3 is 2.94 bits per heavy atom. The van der Waals surface area contributed by atoms with E-state index in [-0.39, 0.29) is 0 Å². The largest absolute Gasteiger partial charge is 0.342 e. The molecule has 0 atom stereocenters. The lowest BCUT2D eigenvalue weighted by Gasteiger charge is -2.04. The first kappa shape index (κ1) is 12.3. The Morgan fingerprint density at radius 2 is 2.28 bits per heavy atom. The van der Waals surface area contributed by atoms with E-state index in [1.54, 1.807) is 6.33 Å². The Bertz CT molecular complexity index is 559. The van der Waals surface area contributed by atoms with Gasteiger partial charge in [-0.05, 0) is 18.6 Å². The fraction of sp³-hybridized carbons (Fsp3) is 0.417. The highest BCUT2D eigenvalue weighted by Crippen LogP contribution is 2.06. The van der Waals surface area contributed by atoms with Crippen LogP contribution in [0.2, 0.25) is 0 Å². The quantitative estimate of drug-likeness (QED) is 0.844. The summed E-state index contributed by atoms with van der Waals surface area (Å²) in [6.45, 7) is 4.31. The summed E-state index contributed by atoms with van der Waals surface area (Å²) in [6, 6.07) is 4.03. The van der Waals surface area contributed by atoms with E-state index < -0.39 is 0 Å². The summed E-state index contributed by atoms with van der Waals surface area (Å²) >= 11 is 0. The fourth-order valence-corrected chi connectivity index (χ4v) is 1.84. The molecule has 0 radical (unpaired) electrons. The number of rotatable bonds is 5. The van der Waals surface area contributed by atoms with Crippen LogP contribution < -0.4 is 5.32 Å². The van der Waals surface area contributed by atoms with Gasteiger partial charge in [0.2, 0.25) is 0 Å². The molecule has 6 nitrogen and oxygen atoms in total. The summed E-state index contributed by atoms with van der Waals surface area (Å²) in [7, 11) is 1.87. The van der Waals surface area contributed by atoms with Gasteiger partial charge in [0.25, 0.3) is 0 Å². The van der Waals surface area contributed by atoms with Crippen molar-refractivity contribution in [1.82, 2.24) is 24.6 Å². The van der Waals surface area contributed by atoms with Gasteiger partial charge in [0, 0.05) is 26.3 Å². The summed E-state index contributed by atoms with van der Waals surface area (Å²) < 4.78 is 3.82. The highest BCUT2D eigenvalue weighted by atomic mass is 15.3. The third kappa shape index (κ3) is 2.57. The minimum atomic E-state index is 0.670. The molecule has 1 N–H and O–H groups in total. The van der Waals surface area contributed by atoms with Crippen molar-refractivity contribution in [3.05, 3.63) is 35.7 Å². The van der Waals surface area contributed by atoms with E-state index >= 15 is 0 Å². The van der Waals surface area contributed by atoms with Crippen LogP contribution in [0.15, 0.2) is 18.6 Å². The first-order chi connectivity index (χ1) is 8.74. The standard InChI is InChI=1S/C12H16N6/c1-3-18-9-15-16-12(18)7-14-6-10-4-11(5-13)17(2)8-10/h4,8-9,14H,3,6-7H2,1-2H3. The van der Waals surface area contributed by atoms with Crippen molar-refractivity contribution in [1.29, 1.82) is 5.26 Å². The number of hydrogen-bond donors (Lipinski definition) is 1. The molecule has 2 aromatic rings. The lowest BCUT2D eigenvalue weighted by molar-refractivity contribution is 0.612. The van der Waals surface area contributed by atoms with Crippen LogP contribution in [0.25, 0.3) is 0 Å². The van der Waals surface area contributed by atoms with E-state index in [0.717, 1.165) is 17.9 Å². The second-order valence-corrected chi connectivity index (χ2v) is 4.09. The molecular weight excluding hydrogens is 228 g/mol. The lowest BCUT2D eigenvalue weighted by atomic mass is 10.3. The molecule has 2 rings (SSSR count). The van der Waals surface area contributed by atoms with Gasteiger partial charge in [-0.15, -0.1) is 10.2 Å². The SMILES string of the molecule is CCn1cnnc1CNCc1cc(C#N)n(C)c1. The van der Waals surface area contributed by atoms with Crippen LogP contribution in [-0.4, -0.2) is 19.3 Å². The predicted octanol–water partition coefficient (Wildman–Crippen LogP) is 0.798. The van der Waals surface area contributed by atoms with Crippen LogP contribution >= 0.6 is 0 Å². The first-order valence-corrected chi connectivity index (χ1v) is 5.87. The van der Waals surface area contributed by atoms with Gasteiger partial charge in [0.05, 0.1) is 6.54 Å². The summed E-state index contributed by atoms with van der Waals surface area (Å²) in [5, 5.41) is 20.1. The Hall–Kier alpha value is -2.13. The van der Waals surface area contributed by atoms with Crippen molar-refractivity contribution >= 4 is 0 Å². The van der Waals surface area contributed by atoms with Crippen molar-refractivity contribution in [3.8, 4) is 6.07 Å². The minimum Gasteiger partial charge on any atom is -0.342 e. The van der Waals surface area contributed by atoms with Gasteiger partial charge in [-0.2, -0.15) is 5.26 Å². The van der Waals surface area contributed by atoms with Gasteiger partial charge in [0.1, 0.15) is 23.9 Å². The number of nitrogens with one attached hydrogen (secondary N) is 1. The van der Waals surface area contributed by atoms with Crippen molar-refractivity contribution in [2.75, 3.05) is 0 Å². The molecular formula is C12H16N6. The lowest BCUT2D eigenvalue weighted by Crippen LogP contribution is -2.16. The van der Waals surface area contributed by atoms with Crippen LogP contribution in [0.1, 0.15) is 24.0 Å². The van der Waals surface area contributed by atoms with E-state index in [2.05, 4.69) is 28.5 Å². The molecule has 0 aliphatic rings. The molecule has 0 spiro atoms. The first-order valence-electron chi connectivity index (χ1n) is 5.87. The van der Waals surface area contributed by atoms with Crippen LogP contribution in [-0.2, 0) is 26.7 Å². The van der Waals surface area contributed by atoms with Crippen molar-refractivity contribution in [2.24, 2.45) is 7.05 Å². The Labute approximate surface area is 106 Å². The van der Waals surface area contributed by atoms with E-state index in [9.17, 15) is 0 Å². The maximum absolute atomic E-state index is 8.86. The van der Waals surface area contributed by atoms with E-state index in [1.165, 1.54) is 0 Å². The van der Waals surface area contributed by atoms with Crippen LogP contribution in [0.5, 0.6) is 0 Å². The topological polar surface area (TPSA) is 71.5 Å². The van der Waals surface area contributed by atoms with Crippen LogP contribution in [0.3, 0.4) is 0 Å². The molecule has 6 heteroatoms. The number of aryl methyl sites for hydroxylation is 2. The molecule has 2 aromatic heterocycles. The van der Waals surface area contributed by atoms with Crippen molar-refractivity contribution in [2.45, 2.75) is 26.6 Å². The molecule has 0 unspecified atom stereocenters. The molecule has 0 aromatic carbocycles. The Kier molecular flexibility index (Phi) is 3.75. The van der Waals surface area contributed by atoms with Gasteiger partial charge < -0.3 is 14.5 Å². The van der Waals surface area contributed by atoms with E-state index in [4.69, 9.17) is 5.26 Å². The fourth-order valence-electron chi connectivity index (χ4n) is 1.84. The Morgan fingerprint density at radius 1 is 1.44 bits per heavy atom. The van der Waals surface area contributed by atoms with Crippen LogP contribution in [0, 0.1) is 11.3 Å². The number of nitriles is 1. The number of aromatic nitrogens is 4. The number of hydrogen-bond acceptors (Lipinski definition) is 4. The highest BCUT2D eigenvalue weighted by Gasteiger charge is 2.04. The summed E-state index contributed by atoms with van der Waals surface area (Å²) in [4.78, 5) is 0. The summed E-state index contributed by atoms with van der Waals surface area (Å²) in [6.07, 6.45) is 3.68. The van der Waals surface area contributed by atoms with E-state index in [1.807, 2.05) is 28.4 Å². The minimum absolute atomic E-state index is 0.670. The van der Waals surface area contributed by atoms with Gasteiger partial charge in [-0.3, -0.25) is 0 Å². The molecule has 94 valence electrons. The van der Waals surface area contributed by atoms with Crippen LogP contribution in [0.4, 0.5) is 0 Å². The average Bonchev–Trinajstić information content (AvgIpc) is 2.95. The molecule has 18 heavy (non-hydrogen) atoms. The zero-order valence-corrected chi connectivity index (χ0v) is 10.6. The maximum Gasteiger partial charge on any atom is 0.146 e. The monoisotopic (exact) mass is 244 g/mol. The number of nitrogens with zero attached hydrogens (tertiary/aromatic N) is 5. The van der Waals surface area contributed by atoms with Crippen molar-refractivity contribution < 1.29 is 0 Å². The van der Waals surface area contributed by atoms with E-state index in [0.29, 0.717) is 18.8 Å². The maximum atomic E-state index is 8.86. The second kappa shape index (κ2) is 5.47. The molecule has 0 aliphatic carbocycles. The third-order valence-electron chi connectivity index (χ3n) is 2.82. The zero-order valence-electron chi connectivity index (χ0n) is 10.6. The molecule has 0 saturated heterocycles. The Balaban J connectivity index is 1.90. The predicted molar refractivity (Wildman–Crippen MR) is 66.4 cm³/mol. The van der Waals surface area contributed by atoms with Gasteiger partial charge in [0.15, 0.2) is 0 Å². The van der Waals surface area contributed by atoms with Gasteiger partial charge >= 0.3 is 0 Å². The van der Waals surface area contributed by atoms with Gasteiger partial charge in [-0.1, -0.05) is 0 Å². The highest BCUT2D eigenvalue weighted by molar-refractivity contribution is 5.28.